The summed E-state index contributed by atoms with van der Waals surface area (Å²) in [6.07, 6.45) is 1.05. The fraction of sp³-hybridized carbons (Fsp3) is 1.00. The molecule has 0 aromatic carbocycles. The first-order chi connectivity index (χ1) is 11.4. The van der Waals surface area contributed by atoms with Crippen molar-refractivity contribution < 1.29 is 18.3 Å². The average molecular weight is 403 g/mol. The maximum atomic E-state index is 6.70. The zero-order valence-electron chi connectivity index (χ0n) is 19.2. The molecule has 154 valence electrons. The fourth-order valence-corrected chi connectivity index (χ4v) is 5.50. The molecule has 4 atom stereocenters. The van der Waals surface area contributed by atoms with Crippen LogP contribution in [0.3, 0.4) is 0 Å². The molecule has 4 nitrogen and oxygen atoms in total. The molecule has 6 heteroatoms. The highest BCUT2D eigenvalue weighted by molar-refractivity contribution is 6.74. The van der Waals surface area contributed by atoms with Gasteiger partial charge in [-0.25, -0.2) is 0 Å². The molecule has 2 saturated heterocycles. The van der Waals surface area contributed by atoms with Crippen LogP contribution in [0.2, 0.25) is 36.3 Å². The van der Waals surface area contributed by atoms with Gasteiger partial charge in [0.05, 0.1) is 12.7 Å². The van der Waals surface area contributed by atoms with Crippen LogP contribution in [-0.2, 0) is 18.3 Å². The van der Waals surface area contributed by atoms with E-state index in [2.05, 4.69) is 81.6 Å². The Hall–Kier alpha value is 0.274. The third-order valence-corrected chi connectivity index (χ3v) is 16.3. The Bertz CT molecular complexity index is 535. The number of epoxide rings is 2. The van der Waals surface area contributed by atoms with Gasteiger partial charge in [-0.3, -0.25) is 0 Å². The molecule has 2 rings (SSSR count). The first-order valence-corrected chi connectivity index (χ1v) is 15.9. The number of rotatable bonds is 7. The lowest BCUT2D eigenvalue weighted by Crippen LogP contribution is -2.48. The highest BCUT2D eigenvalue weighted by atomic mass is 28.4. The smallest absolute Gasteiger partial charge is 0.231 e. The van der Waals surface area contributed by atoms with Gasteiger partial charge in [0.15, 0.2) is 22.2 Å². The summed E-state index contributed by atoms with van der Waals surface area (Å²) >= 11 is 0. The second-order valence-corrected chi connectivity index (χ2v) is 20.9. The van der Waals surface area contributed by atoms with E-state index in [0.717, 1.165) is 6.42 Å². The number of ether oxygens (including phenoxy) is 2. The first kappa shape index (κ1) is 22.6. The minimum Gasteiger partial charge on any atom is -0.414 e. The highest BCUT2D eigenvalue weighted by Crippen LogP contribution is 2.66. The molecule has 2 aliphatic rings. The summed E-state index contributed by atoms with van der Waals surface area (Å²) in [5.74, 6) is -0.474. The lowest BCUT2D eigenvalue weighted by atomic mass is 9.97. The topological polar surface area (TPSA) is 43.5 Å². The molecular weight excluding hydrogens is 360 g/mol. The SMILES string of the molecule is CC[C@@H](O[Si](C)(C)C(C)(C)C)[C@@]1(C)O[C@@]12O[C@@H]2CO[Si](C)(C)C(C)(C)C. The van der Waals surface area contributed by atoms with Crippen molar-refractivity contribution in [2.75, 3.05) is 6.61 Å². The molecule has 0 unspecified atom stereocenters. The molecule has 2 heterocycles. The standard InChI is InChI=1S/C20H42O4Si2/c1-13-15(23-26(11,12)18(5,6)7)19(8)20(24-19)16(22-20)14-21-25(9,10)17(2,3)4/h15-16H,13-14H2,1-12H3/t15-,16-,19-,20-/m1/s1. The van der Waals surface area contributed by atoms with E-state index < -0.39 is 22.4 Å². The van der Waals surface area contributed by atoms with Crippen LogP contribution in [0.5, 0.6) is 0 Å². The van der Waals surface area contributed by atoms with E-state index in [1.165, 1.54) is 0 Å². The minimum absolute atomic E-state index is 0.0405. The predicted molar refractivity (Wildman–Crippen MR) is 113 cm³/mol. The van der Waals surface area contributed by atoms with E-state index >= 15 is 0 Å². The van der Waals surface area contributed by atoms with Crippen molar-refractivity contribution in [1.82, 2.24) is 0 Å². The van der Waals surface area contributed by atoms with Crippen molar-refractivity contribution in [3.63, 3.8) is 0 Å². The molecule has 0 aliphatic carbocycles. The van der Waals surface area contributed by atoms with E-state index in [9.17, 15) is 0 Å². The summed E-state index contributed by atoms with van der Waals surface area (Å²) in [6.45, 7) is 27.8. The number of hydrogen-bond donors (Lipinski definition) is 0. The number of hydrogen-bond acceptors (Lipinski definition) is 4. The molecule has 0 radical (unpaired) electrons. The van der Waals surface area contributed by atoms with Gasteiger partial charge in [0, 0.05) is 0 Å². The van der Waals surface area contributed by atoms with Crippen molar-refractivity contribution in [3.05, 3.63) is 0 Å². The second-order valence-electron chi connectivity index (χ2n) is 11.3. The van der Waals surface area contributed by atoms with Crippen LogP contribution in [0.1, 0.15) is 61.8 Å². The van der Waals surface area contributed by atoms with Gasteiger partial charge in [-0.05, 0) is 49.6 Å². The van der Waals surface area contributed by atoms with Crippen LogP contribution in [0.15, 0.2) is 0 Å². The van der Waals surface area contributed by atoms with E-state index in [1.807, 2.05) is 0 Å². The maximum Gasteiger partial charge on any atom is 0.231 e. The van der Waals surface area contributed by atoms with Crippen molar-refractivity contribution in [3.8, 4) is 0 Å². The summed E-state index contributed by atoms with van der Waals surface area (Å²) in [7, 11) is -3.62. The normalized spacial score (nSPS) is 33.5. The maximum absolute atomic E-state index is 6.70. The Kier molecular flexibility index (Phi) is 5.55. The zero-order chi connectivity index (χ0) is 20.4. The lowest BCUT2D eigenvalue weighted by Gasteiger charge is -2.40. The Balaban J connectivity index is 1.99. The first-order valence-electron chi connectivity index (χ1n) is 10.1. The molecule has 2 aliphatic heterocycles. The largest absolute Gasteiger partial charge is 0.414 e. The van der Waals surface area contributed by atoms with Crippen molar-refractivity contribution in [2.24, 2.45) is 0 Å². The summed E-state index contributed by atoms with van der Waals surface area (Å²) in [6, 6.07) is 0. The van der Waals surface area contributed by atoms with E-state index in [1.54, 1.807) is 0 Å². The Morgan fingerprint density at radius 2 is 1.46 bits per heavy atom. The summed E-state index contributed by atoms with van der Waals surface area (Å²) in [5, 5.41) is 0.397. The molecular formula is C20H42O4Si2. The van der Waals surface area contributed by atoms with Crippen LogP contribution in [0, 0.1) is 0 Å². The van der Waals surface area contributed by atoms with Gasteiger partial charge in [-0.15, -0.1) is 0 Å². The molecule has 0 N–H and O–H groups in total. The quantitative estimate of drug-likeness (QED) is 0.405. The van der Waals surface area contributed by atoms with Crippen LogP contribution < -0.4 is 0 Å². The van der Waals surface area contributed by atoms with Crippen LogP contribution in [0.4, 0.5) is 0 Å². The summed E-state index contributed by atoms with van der Waals surface area (Å²) in [4.78, 5) is 0. The van der Waals surface area contributed by atoms with Crippen LogP contribution in [0.25, 0.3) is 0 Å². The predicted octanol–water partition coefficient (Wildman–Crippen LogP) is 5.69. The van der Waals surface area contributed by atoms with Gasteiger partial charge in [-0.2, -0.15) is 0 Å². The van der Waals surface area contributed by atoms with E-state index in [0.29, 0.717) is 6.61 Å². The van der Waals surface area contributed by atoms with Gasteiger partial charge in [0.2, 0.25) is 5.79 Å². The van der Waals surface area contributed by atoms with Gasteiger partial charge in [-0.1, -0.05) is 48.5 Å². The molecule has 0 bridgehead atoms. The monoisotopic (exact) mass is 402 g/mol. The van der Waals surface area contributed by atoms with E-state index in [-0.39, 0.29) is 27.9 Å². The van der Waals surface area contributed by atoms with E-state index in [4.69, 9.17) is 18.3 Å². The zero-order valence-corrected chi connectivity index (χ0v) is 21.2. The van der Waals surface area contributed by atoms with Gasteiger partial charge in [0.1, 0.15) is 6.10 Å². The molecule has 2 fully saturated rings. The lowest BCUT2D eigenvalue weighted by molar-refractivity contribution is 0.0902. The van der Waals surface area contributed by atoms with Gasteiger partial charge >= 0.3 is 0 Å². The summed E-state index contributed by atoms with van der Waals surface area (Å²) in [5.41, 5.74) is -0.348. The molecule has 26 heavy (non-hydrogen) atoms. The third-order valence-electron chi connectivity index (χ3n) is 7.33. The molecule has 0 amide bonds. The molecule has 0 aromatic heterocycles. The van der Waals surface area contributed by atoms with Crippen molar-refractivity contribution in [1.29, 1.82) is 0 Å². The highest BCUT2D eigenvalue weighted by Gasteiger charge is 2.86. The Morgan fingerprint density at radius 1 is 0.962 bits per heavy atom. The van der Waals surface area contributed by atoms with Crippen LogP contribution >= 0.6 is 0 Å². The molecule has 0 saturated carbocycles. The van der Waals surface area contributed by atoms with Crippen LogP contribution in [-0.4, -0.2) is 46.8 Å². The minimum atomic E-state index is -1.85. The molecule has 1 spiro atoms. The summed E-state index contributed by atoms with van der Waals surface area (Å²) < 4.78 is 25.3. The van der Waals surface area contributed by atoms with Gasteiger partial charge in [0.25, 0.3) is 0 Å². The fourth-order valence-electron chi connectivity index (χ4n) is 3.05. The third kappa shape index (κ3) is 3.74. The van der Waals surface area contributed by atoms with Crippen molar-refractivity contribution in [2.45, 2.75) is 122 Å². The second kappa shape index (κ2) is 6.39. The van der Waals surface area contributed by atoms with Gasteiger partial charge < -0.3 is 18.3 Å². The Labute approximate surface area is 163 Å². The van der Waals surface area contributed by atoms with Crippen molar-refractivity contribution >= 4 is 16.6 Å². The average Bonchev–Trinajstić information content (AvgIpc) is 3.29. The molecule has 0 aromatic rings. The Morgan fingerprint density at radius 3 is 1.88 bits per heavy atom.